The van der Waals surface area contributed by atoms with E-state index < -0.39 is 5.91 Å². The van der Waals surface area contributed by atoms with E-state index in [2.05, 4.69) is 5.32 Å². The van der Waals surface area contributed by atoms with Crippen LogP contribution in [0.1, 0.15) is 11.3 Å². The second-order valence-corrected chi connectivity index (χ2v) is 6.40. The van der Waals surface area contributed by atoms with Crippen LogP contribution in [0.15, 0.2) is 57.5 Å². The number of thiophene rings is 1. The molecule has 2 aromatic heterocycles. The summed E-state index contributed by atoms with van der Waals surface area (Å²) in [5.41, 5.74) is 1.81. The van der Waals surface area contributed by atoms with Crippen molar-refractivity contribution in [1.29, 1.82) is 5.26 Å². The molecule has 130 valence electrons. The van der Waals surface area contributed by atoms with Crippen molar-refractivity contribution in [2.45, 2.75) is 6.92 Å². The van der Waals surface area contributed by atoms with Gasteiger partial charge in [-0.05, 0) is 47.5 Å². The van der Waals surface area contributed by atoms with Crippen LogP contribution in [0.3, 0.4) is 0 Å². The number of nitrogens with one attached hydrogen (secondary N) is 1. The summed E-state index contributed by atoms with van der Waals surface area (Å²) >= 11 is 1.47. The van der Waals surface area contributed by atoms with Crippen molar-refractivity contribution >= 4 is 29.0 Å². The first-order chi connectivity index (χ1) is 12.5. The average molecular weight is 364 g/mol. The number of carbonyl (C=O) groups is 1. The summed E-state index contributed by atoms with van der Waals surface area (Å²) in [7, 11) is 1.74. The molecule has 0 bridgehead atoms. The Morgan fingerprint density at radius 2 is 2.00 bits per heavy atom. The number of nitriles is 1. The summed E-state index contributed by atoms with van der Waals surface area (Å²) < 4.78 is 3.14. The summed E-state index contributed by atoms with van der Waals surface area (Å²) in [5, 5.41) is 15.6. The molecule has 0 aliphatic carbocycles. The zero-order chi connectivity index (χ0) is 18.7. The Labute approximate surface area is 154 Å². The Kier molecular flexibility index (Phi) is 4.87. The minimum absolute atomic E-state index is 0.0580. The van der Waals surface area contributed by atoms with Crippen molar-refractivity contribution in [2.75, 3.05) is 5.32 Å². The van der Waals surface area contributed by atoms with Crippen LogP contribution in [-0.4, -0.2) is 15.3 Å². The quantitative estimate of drug-likeness (QED) is 0.571. The lowest BCUT2D eigenvalue weighted by Gasteiger charge is -2.07. The van der Waals surface area contributed by atoms with Gasteiger partial charge in [-0.15, -0.1) is 0 Å². The average Bonchev–Trinajstić information content (AvgIpc) is 3.23. The van der Waals surface area contributed by atoms with E-state index >= 15 is 0 Å². The van der Waals surface area contributed by atoms with Crippen molar-refractivity contribution in [3.63, 3.8) is 0 Å². The number of aromatic nitrogens is 2. The molecule has 2 heterocycles. The van der Waals surface area contributed by atoms with Crippen LogP contribution in [0.2, 0.25) is 0 Å². The molecule has 0 aliphatic rings. The van der Waals surface area contributed by atoms with Gasteiger partial charge in [0.1, 0.15) is 17.3 Å². The number of para-hydroxylation sites is 1. The fourth-order valence-electron chi connectivity index (χ4n) is 2.57. The molecule has 0 fully saturated rings. The van der Waals surface area contributed by atoms with Crippen LogP contribution in [0, 0.1) is 18.3 Å². The second kappa shape index (κ2) is 7.25. The molecule has 0 saturated carbocycles. The molecule has 1 aromatic carbocycles. The van der Waals surface area contributed by atoms with Crippen molar-refractivity contribution in [3.8, 4) is 11.8 Å². The predicted molar refractivity (Wildman–Crippen MR) is 102 cm³/mol. The van der Waals surface area contributed by atoms with E-state index in [1.807, 2.05) is 53.2 Å². The molecular weight excluding hydrogens is 348 g/mol. The van der Waals surface area contributed by atoms with Crippen LogP contribution in [-0.2, 0) is 11.8 Å². The third kappa shape index (κ3) is 3.23. The van der Waals surface area contributed by atoms with E-state index in [4.69, 9.17) is 0 Å². The topological polar surface area (TPSA) is 79.8 Å². The zero-order valence-corrected chi connectivity index (χ0v) is 15.1. The summed E-state index contributed by atoms with van der Waals surface area (Å²) in [6, 6.07) is 12.8. The first kappa shape index (κ1) is 17.5. The molecule has 7 heteroatoms. The van der Waals surface area contributed by atoms with Crippen LogP contribution >= 0.6 is 11.3 Å². The van der Waals surface area contributed by atoms with Gasteiger partial charge in [-0.1, -0.05) is 18.2 Å². The lowest BCUT2D eigenvalue weighted by Crippen LogP contribution is -2.23. The minimum Gasteiger partial charge on any atom is -0.315 e. The highest BCUT2D eigenvalue weighted by Gasteiger charge is 2.19. The number of hydrogen-bond donors (Lipinski definition) is 1. The maximum atomic E-state index is 12.8. The van der Waals surface area contributed by atoms with E-state index in [-0.39, 0.29) is 16.8 Å². The molecule has 3 aromatic rings. The summed E-state index contributed by atoms with van der Waals surface area (Å²) in [6.45, 7) is 1.74. The van der Waals surface area contributed by atoms with Crippen LogP contribution in [0.5, 0.6) is 0 Å². The lowest BCUT2D eigenvalue weighted by molar-refractivity contribution is -0.112. The molecule has 0 atom stereocenters. The van der Waals surface area contributed by atoms with E-state index in [1.165, 1.54) is 22.1 Å². The van der Waals surface area contributed by atoms with E-state index in [0.29, 0.717) is 11.4 Å². The fraction of sp³-hybridized carbons (Fsp3) is 0.105. The van der Waals surface area contributed by atoms with Gasteiger partial charge in [0, 0.05) is 7.05 Å². The molecule has 0 radical (unpaired) electrons. The van der Waals surface area contributed by atoms with Gasteiger partial charge in [-0.3, -0.25) is 14.3 Å². The van der Waals surface area contributed by atoms with Crippen LogP contribution < -0.4 is 10.9 Å². The second-order valence-electron chi connectivity index (χ2n) is 5.62. The Balaban J connectivity index is 1.97. The molecule has 0 saturated heterocycles. The first-order valence-electron chi connectivity index (χ1n) is 7.82. The minimum atomic E-state index is -0.607. The molecule has 0 aliphatic heterocycles. The Morgan fingerprint density at radius 1 is 1.27 bits per heavy atom. The van der Waals surface area contributed by atoms with Gasteiger partial charge in [-0.2, -0.15) is 16.6 Å². The molecule has 26 heavy (non-hydrogen) atoms. The first-order valence-corrected chi connectivity index (χ1v) is 8.76. The van der Waals surface area contributed by atoms with Gasteiger partial charge in [-0.25, -0.2) is 4.68 Å². The van der Waals surface area contributed by atoms with Gasteiger partial charge in [0.15, 0.2) is 0 Å². The fourth-order valence-corrected chi connectivity index (χ4v) is 3.18. The largest absolute Gasteiger partial charge is 0.315 e. The lowest BCUT2D eigenvalue weighted by atomic mass is 10.2. The number of anilines is 1. The highest BCUT2D eigenvalue weighted by molar-refractivity contribution is 7.08. The van der Waals surface area contributed by atoms with Crippen molar-refractivity contribution in [2.24, 2.45) is 7.05 Å². The highest BCUT2D eigenvalue weighted by Crippen LogP contribution is 2.16. The van der Waals surface area contributed by atoms with Gasteiger partial charge in [0.2, 0.25) is 0 Å². The van der Waals surface area contributed by atoms with Crippen LogP contribution in [0.25, 0.3) is 11.8 Å². The third-order valence-electron chi connectivity index (χ3n) is 4.01. The maximum Gasteiger partial charge on any atom is 0.295 e. The van der Waals surface area contributed by atoms with Crippen molar-refractivity contribution < 1.29 is 4.79 Å². The van der Waals surface area contributed by atoms with E-state index in [9.17, 15) is 14.9 Å². The number of hydrogen-bond acceptors (Lipinski definition) is 4. The summed E-state index contributed by atoms with van der Waals surface area (Å²) in [5.74, 6) is -0.607. The number of amides is 1. The molecule has 0 spiro atoms. The number of rotatable bonds is 4. The van der Waals surface area contributed by atoms with Crippen molar-refractivity contribution in [3.05, 3.63) is 74.3 Å². The Hall–Kier alpha value is -3.37. The van der Waals surface area contributed by atoms with Crippen LogP contribution in [0.4, 0.5) is 5.69 Å². The Bertz CT molecular complexity index is 1070. The predicted octanol–water partition coefficient (Wildman–Crippen LogP) is 3.09. The molecule has 3 rings (SSSR count). The van der Waals surface area contributed by atoms with E-state index in [0.717, 1.165) is 5.56 Å². The SMILES string of the molecule is Cc1c(NC(=O)/C(C#N)=C/c2ccsc2)c(=O)n(-c2ccccc2)n1C. The summed E-state index contributed by atoms with van der Waals surface area (Å²) in [4.78, 5) is 25.3. The normalized spacial score (nSPS) is 11.2. The van der Waals surface area contributed by atoms with Gasteiger partial charge >= 0.3 is 0 Å². The molecule has 0 unspecified atom stereocenters. The number of benzene rings is 1. The molecule has 6 nitrogen and oxygen atoms in total. The molecule has 1 amide bonds. The van der Waals surface area contributed by atoms with Gasteiger partial charge < -0.3 is 5.32 Å². The monoisotopic (exact) mass is 364 g/mol. The summed E-state index contributed by atoms with van der Waals surface area (Å²) in [6.07, 6.45) is 1.50. The number of nitrogens with zero attached hydrogens (tertiary/aromatic N) is 3. The Morgan fingerprint density at radius 3 is 2.62 bits per heavy atom. The van der Waals surface area contributed by atoms with Gasteiger partial charge in [0.05, 0.1) is 11.4 Å². The molecule has 1 N–H and O–H groups in total. The maximum absolute atomic E-state index is 12.8. The standard InChI is InChI=1S/C19H16N4O2S/c1-13-17(19(25)23(22(13)2)16-6-4-3-5-7-16)21-18(24)15(11-20)10-14-8-9-26-12-14/h3-10,12H,1-2H3,(H,21,24)/b15-10+. The van der Waals surface area contributed by atoms with Crippen molar-refractivity contribution in [1.82, 2.24) is 9.36 Å². The third-order valence-corrected chi connectivity index (χ3v) is 4.71. The molecular formula is C19H16N4O2S. The van der Waals surface area contributed by atoms with E-state index in [1.54, 1.807) is 18.7 Å². The highest BCUT2D eigenvalue weighted by atomic mass is 32.1. The van der Waals surface area contributed by atoms with Gasteiger partial charge in [0.25, 0.3) is 11.5 Å². The number of carbonyl (C=O) groups excluding carboxylic acids is 1. The smallest absolute Gasteiger partial charge is 0.295 e. The zero-order valence-electron chi connectivity index (χ0n) is 14.3.